The van der Waals surface area contributed by atoms with Gasteiger partial charge in [-0.2, -0.15) is 0 Å². The van der Waals surface area contributed by atoms with Crippen molar-refractivity contribution in [3.63, 3.8) is 0 Å². The van der Waals surface area contributed by atoms with E-state index in [1.54, 1.807) is 6.92 Å². The smallest absolute Gasteiger partial charge is 0.240 e. The van der Waals surface area contributed by atoms with Gasteiger partial charge in [-0.05, 0) is 31.0 Å². The van der Waals surface area contributed by atoms with Crippen molar-refractivity contribution in [1.82, 2.24) is 4.72 Å². The Kier molecular flexibility index (Phi) is 4.70. The Morgan fingerprint density at radius 2 is 2.00 bits per heavy atom. The van der Waals surface area contributed by atoms with Crippen LogP contribution in [0.4, 0.5) is 10.1 Å². The van der Waals surface area contributed by atoms with Crippen LogP contribution in [0.2, 0.25) is 0 Å². The molecule has 18 heavy (non-hydrogen) atoms. The zero-order valence-electron chi connectivity index (χ0n) is 10.8. The van der Waals surface area contributed by atoms with Gasteiger partial charge in [0, 0.05) is 6.04 Å². The average Bonchev–Trinajstić information content (AvgIpc) is 2.30. The van der Waals surface area contributed by atoms with Crippen LogP contribution in [0.15, 0.2) is 23.1 Å². The fourth-order valence-corrected chi connectivity index (χ4v) is 2.86. The van der Waals surface area contributed by atoms with Crippen LogP contribution in [-0.4, -0.2) is 14.5 Å². The molecule has 4 nitrogen and oxygen atoms in total. The summed E-state index contributed by atoms with van der Waals surface area (Å²) in [5.41, 5.74) is 5.19. The molecule has 1 aromatic carbocycles. The first-order valence-electron chi connectivity index (χ1n) is 5.85. The largest absolute Gasteiger partial charge is 0.396 e. The van der Waals surface area contributed by atoms with E-state index in [0.29, 0.717) is 0 Å². The second kappa shape index (κ2) is 5.67. The fourth-order valence-electron chi connectivity index (χ4n) is 1.47. The third-order valence-corrected chi connectivity index (χ3v) is 4.67. The number of nitrogen functional groups attached to an aromatic ring is 1. The number of anilines is 1. The Balaban J connectivity index is 2.96. The highest BCUT2D eigenvalue weighted by molar-refractivity contribution is 7.89. The van der Waals surface area contributed by atoms with Gasteiger partial charge in [0.1, 0.15) is 5.82 Å². The Hall–Kier alpha value is -1.14. The van der Waals surface area contributed by atoms with Crippen LogP contribution in [0.3, 0.4) is 0 Å². The van der Waals surface area contributed by atoms with Gasteiger partial charge in [0.15, 0.2) is 0 Å². The van der Waals surface area contributed by atoms with E-state index in [9.17, 15) is 12.8 Å². The first-order valence-corrected chi connectivity index (χ1v) is 7.33. The van der Waals surface area contributed by atoms with Crippen molar-refractivity contribution < 1.29 is 12.8 Å². The molecule has 102 valence electrons. The zero-order chi connectivity index (χ0) is 13.9. The SMILES string of the molecule is CCC(C)C(C)NS(=O)(=O)c1ccc(F)c(N)c1. The molecule has 3 N–H and O–H groups in total. The van der Waals surface area contributed by atoms with Gasteiger partial charge in [-0.3, -0.25) is 0 Å². The van der Waals surface area contributed by atoms with Gasteiger partial charge >= 0.3 is 0 Å². The molecule has 0 amide bonds. The summed E-state index contributed by atoms with van der Waals surface area (Å²) in [6.45, 7) is 5.76. The normalized spacial score (nSPS) is 15.3. The second-order valence-corrected chi connectivity index (χ2v) is 6.19. The molecule has 2 unspecified atom stereocenters. The molecule has 0 aliphatic carbocycles. The lowest BCUT2D eigenvalue weighted by molar-refractivity contribution is 0.434. The lowest BCUT2D eigenvalue weighted by atomic mass is 10.0. The number of sulfonamides is 1. The van der Waals surface area contributed by atoms with Crippen molar-refractivity contribution in [2.75, 3.05) is 5.73 Å². The van der Waals surface area contributed by atoms with Crippen molar-refractivity contribution in [3.8, 4) is 0 Å². The van der Waals surface area contributed by atoms with Gasteiger partial charge in [-0.15, -0.1) is 0 Å². The Morgan fingerprint density at radius 1 is 1.39 bits per heavy atom. The minimum Gasteiger partial charge on any atom is -0.396 e. The molecule has 6 heteroatoms. The molecule has 0 fully saturated rings. The van der Waals surface area contributed by atoms with Gasteiger partial charge in [0.05, 0.1) is 10.6 Å². The molecule has 2 atom stereocenters. The predicted octanol–water partition coefficient (Wildman–Crippen LogP) is 2.12. The maximum atomic E-state index is 13.0. The number of benzene rings is 1. The molecular weight excluding hydrogens is 255 g/mol. The highest BCUT2D eigenvalue weighted by atomic mass is 32.2. The molecule has 1 rings (SSSR count). The summed E-state index contributed by atoms with van der Waals surface area (Å²) in [5, 5.41) is 0. The molecule has 0 aliphatic heterocycles. The first kappa shape index (κ1) is 14.9. The summed E-state index contributed by atoms with van der Waals surface area (Å²) in [7, 11) is -3.65. The van der Waals surface area contributed by atoms with Crippen LogP contribution >= 0.6 is 0 Å². The third-order valence-electron chi connectivity index (χ3n) is 3.12. The highest BCUT2D eigenvalue weighted by Gasteiger charge is 2.21. The first-order chi connectivity index (χ1) is 8.27. The van der Waals surface area contributed by atoms with Crippen molar-refractivity contribution in [2.24, 2.45) is 5.92 Å². The molecule has 0 aromatic heterocycles. The fraction of sp³-hybridized carbons (Fsp3) is 0.500. The van der Waals surface area contributed by atoms with E-state index >= 15 is 0 Å². The molecule has 0 saturated carbocycles. The second-order valence-electron chi connectivity index (χ2n) is 4.48. The van der Waals surface area contributed by atoms with Crippen molar-refractivity contribution in [1.29, 1.82) is 0 Å². The maximum Gasteiger partial charge on any atom is 0.240 e. The summed E-state index contributed by atoms with van der Waals surface area (Å²) in [5.74, 6) is -0.401. The zero-order valence-corrected chi connectivity index (χ0v) is 11.6. The Labute approximate surface area is 107 Å². The number of nitrogens with two attached hydrogens (primary N) is 1. The van der Waals surface area contributed by atoms with E-state index in [-0.39, 0.29) is 22.5 Å². The Morgan fingerprint density at radius 3 is 2.50 bits per heavy atom. The van der Waals surface area contributed by atoms with Crippen molar-refractivity contribution in [3.05, 3.63) is 24.0 Å². The van der Waals surface area contributed by atoms with Crippen molar-refractivity contribution >= 4 is 15.7 Å². The highest BCUT2D eigenvalue weighted by Crippen LogP contribution is 2.18. The molecular formula is C12H19FN2O2S. The van der Waals surface area contributed by atoms with Crippen LogP contribution < -0.4 is 10.5 Å². The maximum absolute atomic E-state index is 13.0. The molecule has 0 aliphatic rings. The molecule has 0 spiro atoms. The van der Waals surface area contributed by atoms with Crippen LogP contribution in [-0.2, 0) is 10.0 Å². The summed E-state index contributed by atoms with van der Waals surface area (Å²) in [6.07, 6.45) is 0.870. The molecule has 0 radical (unpaired) electrons. The van der Waals surface area contributed by atoms with Crippen LogP contribution in [0, 0.1) is 11.7 Å². The summed E-state index contributed by atoms with van der Waals surface area (Å²) in [4.78, 5) is -0.0171. The van der Waals surface area contributed by atoms with Crippen LogP contribution in [0.25, 0.3) is 0 Å². The lowest BCUT2D eigenvalue weighted by Crippen LogP contribution is -2.36. The number of hydrogen-bond acceptors (Lipinski definition) is 3. The average molecular weight is 274 g/mol. The van der Waals surface area contributed by atoms with Gasteiger partial charge < -0.3 is 5.73 Å². The number of hydrogen-bond donors (Lipinski definition) is 2. The topological polar surface area (TPSA) is 72.2 Å². The standard InChI is InChI=1S/C12H19FN2O2S/c1-4-8(2)9(3)15-18(16,17)10-5-6-11(13)12(14)7-10/h5-9,15H,4,14H2,1-3H3. The van der Waals surface area contributed by atoms with Crippen LogP contribution in [0.1, 0.15) is 27.2 Å². The molecule has 0 bridgehead atoms. The van der Waals surface area contributed by atoms with Crippen LogP contribution in [0.5, 0.6) is 0 Å². The molecule has 0 saturated heterocycles. The summed E-state index contributed by atoms with van der Waals surface area (Å²) >= 11 is 0. The summed E-state index contributed by atoms with van der Waals surface area (Å²) in [6, 6.07) is 3.20. The summed E-state index contributed by atoms with van der Waals surface area (Å²) < 4.78 is 39.6. The quantitative estimate of drug-likeness (QED) is 0.808. The Bertz CT molecular complexity index is 517. The van der Waals surface area contributed by atoms with E-state index in [1.807, 2.05) is 13.8 Å². The minimum absolute atomic E-state index is 0.0171. The van der Waals surface area contributed by atoms with E-state index in [4.69, 9.17) is 5.73 Å². The minimum atomic E-state index is -3.65. The molecule has 0 heterocycles. The third kappa shape index (κ3) is 3.43. The van der Waals surface area contributed by atoms with E-state index in [2.05, 4.69) is 4.72 Å². The van der Waals surface area contributed by atoms with Gasteiger partial charge in [0.2, 0.25) is 10.0 Å². The number of nitrogens with one attached hydrogen (secondary N) is 1. The monoisotopic (exact) mass is 274 g/mol. The molecule has 1 aromatic rings. The van der Waals surface area contributed by atoms with E-state index < -0.39 is 15.8 Å². The van der Waals surface area contributed by atoms with Gasteiger partial charge in [-0.25, -0.2) is 17.5 Å². The number of rotatable bonds is 5. The van der Waals surface area contributed by atoms with Crippen molar-refractivity contribution in [2.45, 2.75) is 38.1 Å². The van der Waals surface area contributed by atoms with E-state index in [0.717, 1.165) is 18.6 Å². The van der Waals surface area contributed by atoms with Gasteiger partial charge in [-0.1, -0.05) is 20.3 Å². The van der Waals surface area contributed by atoms with E-state index in [1.165, 1.54) is 6.07 Å². The lowest BCUT2D eigenvalue weighted by Gasteiger charge is -2.19. The predicted molar refractivity (Wildman–Crippen MR) is 70.1 cm³/mol. The number of halogens is 1. The van der Waals surface area contributed by atoms with Gasteiger partial charge in [0.25, 0.3) is 0 Å².